The van der Waals surface area contributed by atoms with Crippen molar-refractivity contribution in [1.29, 1.82) is 0 Å². The van der Waals surface area contributed by atoms with Gasteiger partial charge in [-0.05, 0) is 13.0 Å². The number of aryl methyl sites for hydroxylation is 1. The molecule has 0 aliphatic heterocycles. The molecule has 0 aliphatic rings. The van der Waals surface area contributed by atoms with E-state index in [0.29, 0.717) is 24.7 Å². The molecule has 2 aromatic rings. The molecule has 1 heterocycles. The van der Waals surface area contributed by atoms with E-state index in [2.05, 4.69) is 10.3 Å². The summed E-state index contributed by atoms with van der Waals surface area (Å²) in [5.74, 6) is 2.31. The van der Waals surface area contributed by atoms with Crippen LogP contribution >= 0.6 is 0 Å². The number of hydrogen-bond acceptors (Lipinski definition) is 5. The van der Waals surface area contributed by atoms with Crippen molar-refractivity contribution >= 4 is 11.4 Å². The number of ether oxygens (including phenoxy) is 1. The lowest BCUT2D eigenvalue weighted by Crippen LogP contribution is -2.01. The van der Waals surface area contributed by atoms with Crippen molar-refractivity contribution in [1.82, 2.24) is 4.98 Å². The van der Waals surface area contributed by atoms with Crippen LogP contribution in [0.1, 0.15) is 25.5 Å². The number of nitrogens with zero attached hydrogens (tertiary/aromatic N) is 1. The van der Waals surface area contributed by atoms with Crippen LogP contribution in [-0.4, -0.2) is 11.6 Å². The fraction of sp³-hybridized carbons (Fsp3) is 0.357. The van der Waals surface area contributed by atoms with Crippen molar-refractivity contribution < 1.29 is 9.15 Å². The first kappa shape index (κ1) is 13.3. The number of rotatable bonds is 6. The normalized spacial score (nSPS) is 10.4. The number of nitrogens with one attached hydrogen (secondary N) is 1. The van der Waals surface area contributed by atoms with Gasteiger partial charge in [-0.1, -0.05) is 6.92 Å². The molecule has 2 rings (SSSR count). The Morgan fingerprint density at radius 3 is 2.84 bits per heavy atom. The fourth-order valence-corrected chi connectivity index (χ4v) is 1.75. The molecule has 19 heavy (non-hydrogen) atoms. The van der Waals surface area contributed by atoms with Gasteiger partial charge in [0.1, 0.15) is 11.5 Å². The molecule has 0 amide bonds. The molecule has 0 saturated heterocycles. The Labute approximate surface area is 112 Å². The number of aromatic nitrogens is 1. The lowest BCUT2D eigenvalue weighted by molar-refractivity contribution is 0.340. The topological polar surface area (TPSA) is 73.3 Å². The molecule has 0 unspecified atom stereocenters. The molecule has 0 aliphatic carbocycles. The van der Waals surface area contributed by atoms with E-state index in [1.165, 1.54) is 0 Å². The summed E-state index contributed by atoms with van der Waals surface area (Å²) < 4.78 is 11.0. The van der Waals surface area contributed by atoms with Gasteiger partial charge in [0.25, 0.3) is 0 Å². The summed E-state index contributed by atoms with van der Waals surface area (Å²) in [6.07, 6.45) is 2.60. The molecular formula is C14H19N3O2. The van der Waals surface area contributed by atoms with E-state index in [9.17, 15) is 0 Å². The van der Waals surface area contributed by atoms with Gasteiger partial charge in [0.15, 0.2) is 0 Å². The van der Waals surface area contributed by atoms with Crippen molar-refractivity contribution in [2.24, 2.45) is 0 Å². The fourth-order valence-electron chi connectivity index (χ4n) is 1.75. The largest absolute Gasteiger partial charge is 0.494 e. The van der Waals surface area contributed by atoms with Crippen LogP contribution in [0.2, 0.25) is 0 Å². The lowest BCUT2D eigenvalue weighted by Gasteiger charge is -2.09. The van der Waals surface area contributed by atoms with Crippen LogP contribution in [0.5, 0.6) is 5.75 Å². The van der Waals surface area contributed by atoms with Gasteiger partial charge in [-0.3, -0.25) is 0 Å². The highest BCUT2D eigenvalue weighted by atomic mass is 16.5. The van der Waals surface area contributed by atoms with Crippen molar-refractivity contribution in [2.75, 3.05) is 17.7 Å². The van der Waals surface area contributed by atoms with Gasteiger partial charge >= 0.3 is 0 Å². The summed E-state index contributed by atoms with van der Waals surface area (Å²) in [6, 6.07) is 5.56. The quantitative estimate of drug-likeness (QED) is 0.782. The maximum absolute atomic E-state index is 5.83. The summed E-state index contributed by atoms with van der Waals surface area (Å²) in [5, 5.41) is 3.22. The molecule has 1 aromatic carbocycles. The zero-order chi connectivity index (χ0) is 13.7. The molecule has 5 nitrogen and oxygen atoms in total. The highest BCUT2D eigenvalue weighted by Gasteiger charge is 2.04. The summed E-state index contributed by atoms with van der Waals surface area (Å²) >= 11 is 0. The maximum atomic E-state index is 5.83. The second-order valence-electron chi connectivity index (χ2n) is 4.15. The molecular weight excluding hydrogens is 242 g/mol. The molecule has 0 radical (unpaired) electrons. The van der Waals surface area contributed by atoms with E-state index in [1.807, 2.05) is 26.0 Å². The van der Waals surface area contributed by atoms with Gasteiger partial charge < -0.3 is 20.2 Å². The van der Waals surface area contributed by atoms with Crippen LogP contribution in [0.4, 0.5) is 11.4 Å². The van der Waals surface area contributed by atoms with Crippen LogP contribution in [0.15, 0.2) is 28.8 Å². The first-order valence-electron chi connectivity index (χ1n) is 6.42. The molecule has 5 heteroatoms. The Morgan fingerprint density at radius 2 is 2.16 bits per heavy atom. The number of hydrogen-bond donors (Lipinski definition) is 2. The minimum absolute atomic E-state index is 0.523. The van der Waals surface area contributed by atoms with E-state index >= 15 is 0 Å². The third-order valence-electron chi connectivity index (χ3n) is 2.63. The Hall–Kier alpha value is -2.17. The smallest absolute Gasteiger partial charge is 0.213 e. The van der Waals surface area contributed by atoms with Gasteiger partial charge in [-0.2, -0.15) is 0 Å². The zero-order valence-electron chi connectivity index (χ0n) is 11.3. The molecule has 3 N–H and O–H groups in total. The minimum Gasteiger partial charge on any atom is -0.494 e. The zero-order valence-corrected chi connectivity index (χ0v) is 11.3. The van der Waals surface area contributed by atoms with E-state index in [0.717, 1.165) is 23.6 Å². The van der Waals surface area contributed by atoms with Crippen molar-refractivity contribution in [3.05, 3.63) is 36.0 Å². The summed E-state index contributed by atoms with van der Waals surface area (Å²) in [6.45, 7) is 5.11. The van der Waals surface area contributed by atoms with Crippen molar-refractivity contribution in [3.8, 4) is 5.75 Å². The number of oxazole rings is 1. The standard InChI is InChI=1S/C14H19N3O2/c1-3-12-8-17-14(19-12)9-16-11-5-10(15)6-13(7-11)18-4-2/h5-8,16H,3-4,9,15H2,1-2H3. The molecule has 0 saturated carbocycles. The first-order chi connectivity index (χ1) is 9.21. The van der Waals surface area contributed by atoms with E-state index in [-0.39, 0.29) is 0 Å². The first-order valence-corrected chi connectivity index (χ1v) is 6.42. The predicted octanol–water partition coefficient (Wildman–Crippen LogP) is 2.83. The number of benzene rings is 1. The molecule has 102 valence electrons. The third-order valence-corrected chi connectivity index (χ3v) is 2.63. The molecule has 0 spiro atoms. The average molecular weight is 261 g/mol. The molecule has 1 aromatic heterocycles. The Bertz CT molecular complexity index is 537. The highest BCUT2D eigenvalue weighted by Crippen LogP contribution is 2.23. The second kappa shape index (κ2) is 6.13. The second-order valence-corrected chi connectivity index (χ2v) is 4.15. The lowest BCUT2D eigenvalue weighted by atomic mass is 10.2. The van der Waals surface area contributed by atoms with Crippen LogP contribution in [0.3, 0.4) is 0 Å². The Morgan fingerprint density at radius 1 is 1.32 bits per heavy atom. The van der Waals surface area contributed by atoms with Gasteiger partial charge in [0.05, 0.1) is 19.3 Å². The van der Waals surface area contributed by atoms with E-state index in [4.69, 9.17) is 14.9 Å². The number of nitrogen functional groups attached to an aromatic ring is 1. The SMILES string of the molecule is CCOc1cc(N)cc(NCc2ncc(CC)o2)c1. The van der Waals surface area contributed by atoms with Crippen molar-refractivity contribution in [3.63, 3.8) is 0 Å². The third kappa shape index (κ3) is 3.64. The van der Waals surface area contributed by atoms with E-state index < -0.39 is 0 Å². The number of nitrogens with two attached hydrogens (primary N) is 1. The van der Waals surface area contributed by atoms with Gasteiger partial charge in [-0.15, -0.1) is 0 Å². The van der Waals surface area contributed by atoms with Crippen LogP contribution < -0.4 is 15.8 Å². The highest BCUT2D eigenvalue weighted by molar-refractivity contribution is 5.59. The monoisotopic (exact) mass is 261 g/mol. The molecule has 0 bridgehead atoms. The Balaban J connectivity index is 2.02. The van der Waals surface area contributed by atoms with Gasteiger partial charge in [-0.25, -0.2) is 4.98 Å². The van der Waals surface area contributed by atoms with Gasteiger partial charge in [0, 0.05) is 29.9 Å². The maximum Gasteiger partial charge on any atom is 0.213 e. The predicted molar refractivity (Wildman–Crippen MR) is 75.2 cm³/mol. The van der Waals surface area contributed by atoms with Crippen LogP contribution in [0.25, 0.3) is 0 Å². The van der Waals surface area contributed by atoms with Crippen LogP contribution in [0, 0.1) is 0 Å². The summed E-state index contributed by atoms with van der Waals surface area (Å²) in [5.41, 5.74) is 7.38. The number of anilines is 2. The average Bonchev–Trinajstić information content (AvgIpc) is 2.84. The summed E-state index contributed by atoms with van der Waals surface area (Å²) in [7, 11) is 0. The van der Waals surface area contributed by atoms with Gasteiger partial charge in [0.2, 0.25) is 5.89 Å². The van der Waals surface area contributed by atoms with E-state index in [1.54, 1.807) is 12.3 Å². The minimum atomic E-state index is 0.523. The molecule has 0 atom stereocenters. The van der Waals surface area contributed by atoms with Crippen molar-refractivity contribution in [2.45, 2.75) is 26.8 Å². The summed E-state index contributed by atoms with van der Waals surface area (Å²) in [4.78, 5) is 4.19. The Kier molecular flexibility index (Phi) is 4.28. The molecule has 0 fully saturated rings. The van der Waals surface area contributed by atoms with Crippen LogP contribution in [-0.2, 0) is 13.0 Å².